The minimum absolute atomic E-state index is 0.000446. The molecule has 17 heavy (non-hydrogen) atoms. The Labute approximate surface area is 112 Å². The largest absolute Gasteiger partial charge is 0.288 e. The van der Waals surface area contributed by atoms with E-state index in [0.29, 0.717) is 18.7 Å². The van der Waals surface area contributed by atoms with E-state index in [1.165, 1.54) is 35.9 Å². The van der Waals surface area contributed by atoms with Crippen molar-refractivity contribution >= 4 is 35.5 Å². The zero-order chi connectivity index (χ0) is 12.3. The molecule has 0 spiro atoms. The molecule has 1 saturated carbocycles. The minimum atomic E-state index is -0.0621. The highest BCUT2D eigenvalue weighted by Gasteiger charge is 2.37. The number of nitrogens with zero attached hydrogens (tertiary/aromatic N) is 1. The fraction of sp³-hybridized carbons (Fsp3) is 0.833. The molecule has 0 aromatic heterocycles. The molecule has 2 amide bonds. The summed E-state index contributed by atoms with van der Waals surface area (Å²) in [5, 5.41) is -0.0621. The van der Waals surface area contributed by atoms with Crippen LogP contribution in [-0.4, -0.2) is 34.1 Å². The Balaban J connectivity index is 2.06. The van der Waals surface area contributed by atoms with Crippen LogP contribution in [0.3, 0.4) is 0 Å². The number of rotatable bonds is 3. The van der Waals surface area contributed by atoms with E-state index in [1.807, 2.05) is 0 Å². The number of amides is 2. The van der Waals surface area contributed by atoms with Crippen molar-refractivity contribution in [2.75, 3.05) is 18.1 Å². The molecule has 96 valence electrons. The van der Waals surface area contributed by atoms with Crippen molar-refractivity contribution in [1.82, 2.24) is 4.90 Å². The maximum absolute atomic E-state index is 11.8. The standard InChI is InChI=1S/C12H19NO2S2/c14-10-4-7-17-11(15)13(10)8-12(9-16)5-2-1-3-6-12/h16H,1-9H2. The van der Waals surface area contributed by atoms with Gasteiger partial charge in [0.05, 0.1) is 0 Å². The lowest BCUT2D eigenvalue weighted by Crippen LogP contribution is -2.47. The predicted molar refractivity (Wildman–Crippen MR) is 73.6 cm³/mol. The Hall–Kier alpha value is -0.160. The van der Waals surface area contributed by atoms with Gasteiger partial charge in [-0.1, -0.05) is 31.0 Å². The number of hydrogen-bond acceptors (Lipinski definition) is 4. The fourth-order valence-electron chi connectivity index (χ4n) is 2.70. The Bertz CT molecular complexity index is 298. The third-order valence-electron chi connectivity index (χ3n) is 3.81. The molecule has 0 unspecified atom stereocenters. The first-order valence-corrected chi connectivity index (χ1v) is 7.87. The summed E-state index contributed by atoms with van der Waals surface area (Å²) in [5.41, 5.74) is 0.0740. The third kappa shape index (κ3) is 2.99. The summed E-state index contributed by atoms with van der Waals surface area (Å²) in [7, 11) is 0. The van der Waals surface area contributed by atoms with Gasteiger partial charge in [-0.15, -0.1) is 0 Å². The molecule has 2 aliphatic rings. The van der Waals surface area contributed by atoms with Crippen LogP contribution in [0.5, 0.6) is 0 Å². The number of hydrogen-bond donors (Lipinski definition) is 1. The molecule has 0 radical (unpaired) electrons. The van der Waals surface area contributed by atoms with E-state index in [-0.39, 0.29) is 16.6 Å². The second-order valence-electron chi connectivity index (χ2n) is 5.06. The Morgan fingerprint density at radius 2 is 1.94 bits per heavy atom. The Morgan fingerprint density at radius 3 is 2.53 bits per heavy atom. The molecule has 1 aliphatic carbocycles. The third-order valence-corrected chi connectivity index (χ3v) is 5.35. The second-order valence-corrected chi connectivity index (χ2v) is 6.43. The number of carbonyl (C=O) groups is 2. The van der Waals surface area contributed by atoms with E-state index in [2.05, 4.69) is 12.6 Å². The van der Waals surface area contributed by atoms with Gasteiger partial charge in [-0.3, -0.25) is 14.5 Å². The number of thioether (sulfide) groups is 1. The van der Waals surface area contributed by atoms with Gasteiger partial charge in [-0.2, -0.15) is 12.6 Å². The number of imide groups is 1. The van der Waals surface area contributed by atoms with E-state index in [0.717, 1.165) is 18.6 Å². The zero-order valence-corrected chi connectivity index (χ0v) is 11.7. The van der Waals surface area contributed by atoms with Gasteiger partial charge < -0.3 is 0 Å². The summed E-state index contributed by atoms with van der Waals surface area (Å²) in [6.45, 7) is 0.584. The Kier molecular flexibility index (Phi) is 4.42. The molecular formula is C12H19NO2S2. The van der Waals surface area contributed by atoms with Crippen LogP contribution in [0.25, 0.3) is 0 Å². The monoisotopic (exact) mass is 273 g/mol. The highest BCUT2D eigenvalue weighted by atomic mass is 32.2. The lowest BCUT2D eigenvalue weighted by molar-refractivity contribution is -0.129. The van der Waals surface area contributed by atoms with Crippen molar-refractivity contribution in [3.63, 3.8) is 0 Å². The summed E-state index contributed by atoms with van der Waals surface area (Å²) in [6, 6.07) is 0. The molecule has 0 N–H and O–H groups in total. The molecule has 5 heteroatoms. The van der Waals surface area contributed by atoms with Crippen molar-refractivity contribution in [3.05, 3.63) is 0 Å². The predicted octanol–water partition coefficient (Wildman–Crippen LogP) is 2.95. The molecule has 0 bridgehead atoms. The van der Waals surface area contributed by atoms with Gasteiger partial charge in [0.1, 0.15) is 0 Å². The van der Waals surface area contributed by atoms with Crippen LogP contribution in [0, 0.1) is 5.41 Å². The van der Waals surface area contributed by atoms with Crippen LogP contribution in [0.4, 0.5) is 4.79 Å². The van der Waals surface area contributed by atoms with E-state index >= 15 is 0 Å². The second kappa shape index (κ2) is 5.65. The van der Waals surface area contributed by atoms with Crippen LogP contribution in [-0.2, 0) is 4.79 Å². The molecule has 1 saturated heterocycles. The maximum atomic E-state index is 11.8. The molecular weight excluding hydrogens is 254 g/mol. The quantitative estimate of drug-likeness (QED) is 0.803. The first-order chi connectivity index (χ1) is 8.17. The summed E-state index contributed by atoms with van der Waals surface area (Å²) in [4.78, 5) is 25.1. The normalized spacial score (nSPS) is 25.1. The SMILES string of the molecule is O=C1CCSC(=O)N1CC1(CS)CCCCC1. The van der Waals surface area contributed by atoms with Crippen molar-refractivity contribution < 1.29 is 9.59 Å². The van der Waals surface area contributed by atoms with Crippen LogP contribution >= 0.6 is 24.4 Å². The van der Waals surface area contributed by atoms with Gasteiger partial charge in [0.2, 0.25) is 5.91 Å². The molecule has 0 aromatic rings. The van der Waals surface area contributed by atoms with Crippen LogP contribution in [0.15, 0.2) is 0 Å². The maximum Gasteiger partial charge on any atom is 0.288 e. The zero-order valence-electron chi connectivity index (χ0n) is 9.98. The summed E-state index contributed by atoms with van der Waals surface area (Å²) in [6.07, 6.45) is 6.36. The van der Waals surface area contributed by atoms with E-state index in [1.54, 1.807) is 0 Å². The van der Waals surface area contributed by atoms with Crippen LogP contribution < -0.4 is 0 Å². The molecule has 2 rings (SSSR count). The molecule has 1 heterocycles. The van der Waals surface area contributed by atoms with Gasteiger partial charge in [-0.25, -0.2) is 0 Å². The number of thiol groups is 1. The van der Waals surface area contributed by atoms with Crippen molar-refractivity contribution in [1.29, 1.82) is 0 Å². The van der Waals surface area contributed by atoms with Crippen molar-refractivity contribution in [2.45, 2.75) is 38.5 Å². The van der Waals surface area contributed by atoms with Gasteiger partial charge in [0, 0.05) is 18.7 Å². The van der Waals surface area contributed by atoms with Gasteiger partial charge in [0.15, 0.2) is 0 Å². The van der Waals surface area contributed by atoms with Gasteiger partial charge >= 0.3 is 0 Å². The van der Waals surface area contributed by atoms with E-state index in [9.17, 15) is 9.59 Å². The smallest absolute Gasteiger partial charge is 0.274 e. The lowest BCUT2D eigenvalue weighted by atomic mass is 9.75. The fourth-order valence-corrected chi connectivity index (χ4v) is 3.89. The van der Waals surface area contributed by atoms with E-state index in [4.69, 9.17) is 0 Å². The Morgan fingerprint density at radius 1 is 1.24 bits per heavy atom. The molecule has 0 aromatic carbocycles. The van der Waals surface area contributed by atoms with Gasteiger partial charge in [0.25, 0.3) is 5.24 Å². The first kappa shape index (κ1) is 13.3. The first-order valence-electron chi connectivity index (χ1n) is 6.25. The highest BCUT2D eigenvalue weighted by Crippen LogP contribution is 2.39. The summed E-state index contributed by atoms with van der Waals surface area (Å²) in [5.74, 6) is 1.41. The lowest BCUT2D eigenvalue weighted by Gasteiger charge is -2.40. The van der Waals surface area contributed by atoms with E-state index < -0.39 is 0 Å². The van der Waals surface area contributed by atoms with Crippen molar-refractivity contribution in [3.8, 4) is 0 Å². The van der Waals surface area contributed by atoms with Crippen LogP contribution in [0.1, 0.15) is 38.5 Å². The summed E-state index contributed by atoms with van der Waals surface area (Å²) < 4.78 is 0. The average Bonchev–Trinajstić information content (AvgIpc) is 2.35. The topological polar surface area (TPSA) is 37.4 Å². The molecule has 1 aliphatic heterocycles. The molecule has 2 fully saturated rings. The average molecular weight is 273 g/mol. The summed E-state index contributed by atoms with van der Waals surface area (Å²) >= 11 is 5.72. The van der Waals surface area contributed by atoms with Crippen molar-refractivity contribution in [2.24, 2.45) is 5.41 Å². The number of carbonyl (C=O) groups excluding carboxylic acids is 2. The molecule has 0 atom stereocenters. The highest BCUT2D eigenvalue weighted by molar-refractivity contribution is 8.13. The van der Waals surface area contributed by atoms with Crippen LogP contribution in [0.2, 0.25) is 0 Å². The minimum Gasteiger partial charge on any atom is -0.274 e. The van der Waals surface area contributed by atoms with Gasteiger partial charge in [-0.05, 0) is 24.0 Å². The molecule has 3 nitrogen and oxygen atoms in total.